The Balaban J connectivity index is 1.85. The lowest BCUT2D eigenvalue weighted by Crippen LogP contribution is -2.54. The molecule has 1 aliphatic heterocycles. The molecule has 0 spiro atoms. The maximum Gasteiger partial charge on any atom is 0.239 e. The normalized spacial score (nSPS) is 16.8. The number of anilines is 1. The van der Waals surface area contributed by atoms with Crippen molar-refractivity contribution in [2.24, 2.45) is 0 Å². The number of hydrogen-bond acceptors (Lipinski definition) is 4. The summed E-state index contributed by atoms with van der Waals surface area (Å²) in [5.41, 5.74) is 0.581. The number of nitrogens with zero attached hydrogens (tertiary/aromatic N) is 3. The van der Waals surface area contributed by atoms with Gasteiger partial charge in [-0.3, -0.25) is 14.5 Å². The Morgan fingerprint density at radius 2 is 1.88 bits per heavy atom. The SMILES string of the molecule is CCN1CCN(C(=O)[C@H](C)N(C)CC(=O)Nc2ccccc2Cl)CC1. The molecule has 2 amide bonds. The lowest BCUT2D eigenvalue weighted by Gasteiger charge is -2.36. The largest absolute Gasteiger partial charge is 0.339 e. The molecule has 1 aromatic carbocycles. The highest BCUT2D eigenvalue weighted by Gasteiger charge is 2.27. The number of nitrogens with one attached hydrogen (secondary N) is 1. The zero-order chi connectivity index (χ0) is 18.4. The quantitative estimate of drug-likeness (QED) is 0.833. The van der Waals surface area contributed by atoms with E-state index in [1.54, 1.807) is 24.1 Å². The average molecular weight is 367 g/mol. The number of rotatable bonds is 6. The third-order valence-electron chi connectivity index (χ3n) is 4.69. The van der Waals surface area contributed by atoms with Gasteiger partial charge >= 0.3 is 0 Å². The Bertz CT molecular complexity index is 602. The Morgan fingerprint density at radius 1 is 1.24 bits per heavy atom. The molecule has 25 heavy (non-hydrogen) atoms. The Labute approximate surface area is 154 Å². The van der Waals surface area contributed by atoms with E-state index in [-0.39, 0.29) is 24.4 Å². The minimum atomic E-state index is -0.342. The average Bonchev–Trinajstić information content (AvgIpc) is 2.62. The van der Waals surface area contributed by atoms with Crippen LogP contribution in [0.15, 0.2) is 24.3 Å². The maximum absolute atomic E-state index is 12.6. The summed E-state index contributed by atoms with van der Waals surface area (Å²) in [5, 5.41) is 3.28. The Kier molecular flexibility index (Phi) is 7.23. The lowest BCUT2D eigenvalue weighted by atomic mass is 10.2. The lowest BCUT2D eigenvalue weighted by molar-refractivity contribution is -0.138. The summed E-state index contributed by atoms with van der Waals surface area (Å²) in [7, 11) is 1.79. The number of piperazine rings is 1. The highest BCUT2D eigenvalue weighted by Crippen LogP contribution is 2.20. The van der Waals surface area contributed by atoms with E-state index in [0.717, 1.165) is 32.7 Å². The molecule has 1 aromatic rings. The van der Waals surface area contributed by atoms with Gasteiger partial charge in [-0.1, -0.05) is 30.7 Å². The van der Waals surface area contributed by atoms with Crippen molar-refractivity contribution in [3.63, 3.8) is 0 Å². The van der Waals surface area contributed by atoms with Crippen LogP contribution in [0.1, 0.15) is 13.8 Å². The fourth-order valence-electron chi connectivity index (χ4n) is 2.85. The van der Waals surface area contributed by atoms with Crippen LogP contribution < -0.4 is 5.32 Å². The Hall–Kier alpha value is -1.63. The van der Waals surface area contributed by atoms with E-state index >= 15 is 0 Å². The number of hydrogen-bond donors (Lipinski definition) is 1. The van der Waals surface area contributed by atoms with Crippen molar-refractivity contribution in [3.05, 3.63) is 29.3 Å². The molecule has 0 unspecified atom stereocenters. The van der Waals surface area contributed by atoms with Crippen LogP contribution in [-0.2, 0) is 9.59 Å². The van der Waals surface area contributed by atoms with Crippen molar-refractivity contribution < 1.29 is 9.59 Å². The molecule has 0 bridgehead atoms. The predicted octanol–water partition coefficient (Wildman–Crippen LogP) is 1.76. The standard InChI is InChI=1S/C18H27ClN4O2/c1-4-22-9-11-23(12-10-22)18(25)14(2)21(3)13-17(24)20-16-8-6-5-7-15(16)19/h5-8,14H,4,9-13H2,1-3H3,(H,20,24)/t14-/m0/s1. The first-order valence-electron chi connectivity index (χ1n) is 8.68. The van der Waals surface area contributed by atoms with Crippen LogP contribution in [0.4, 0.5) is 5.69 Å². The van der Waals surface area contributed by atoms with Gasteiger partial charge in [0, 0.05) is 26.2 Å². The molecule has 0 saturated carbocycles. The minimum Gasteiger partial charge on any atom is -0.339 e. The molecule has 2 rings (SSSR count). The summed E-state index contributed by atoms with van der Waals surface area (Å²) in [6, 6.07) is 6.76. The van der Waals surface area contributed by atoms with Crippen LogP contribution in [0.2, 0.25) is 5.02 Å². The summed E-state index contributed by atoms with van der Waals surface area (Å²) in [4.78, 5) is 30.8. The van der Waals surface area contributed by atoms with E-state index in [1.165, 1.54) is 0 Å². The molecular weight excluding hydrogens is 340 g/mol. The van der Waals surface area contributed by atoms with Crippen molar-refractivity contribution in [2.45, 2.75) is 19.9 Å². The molecule has 0 aromatic heterocycles. The first-order chi connectivity index (χ1) is 11.9. The number of para-hydroxylation sites is 1. The fraction of sp³-hybridized carbons (Fsp3) is 0.556. The first kappa shape index (κ1) is 19.7. The summed E-state index contributed by atoms with van der Waals surface area (Å²) >= 11 is 6.05. The first-order valence-corrected chi connectivity index (χ1v) is 9.06. The van der Waals surface area contributed by atoms with Crippen LogP contribution in [0.5, 0.6) is 0 Å². The number of amides is 2. The molecule has 1 heterocycles. The highest BCUT2D eigenvalue weighted by atomic mass is 35.5. The van der Waals surface area contributed by atoms with Crippen molar-refractivity contribution in [1.29, 1.82) is 0 Å². The number of halogens is 1. The Morgan fingerprint density at radius 3 is 2.48 bits per heavy atom. The van der Waals surface area contributed by atoms with E-state index in [0.29, 0.717) is 10.7 Å². The molecular formula is C18H27ClN4O2. The predicted molar refractivity (Wildman–Crippen MR) is 101 cm³/mol. The van der Waals surface area contributed by atoms with Gasteiger partial charge in [-0.15, -0.1) is 0 Å². The van der Waals surface area contributed by atoms with Crippen molar-refractivity contribution in [1.82, 2.24) is 14.7 Å². The van der Waals surface area contributed by atoms with Gasteiger partial charge in [0.15, 0.2) is 0 Å². The van der Waals surface area contributed by atoms with Crippen molar-refractivity contribution >= 4 is 29.1 Å². The molecule has 138 valence electrons. The number of carbonyl (C=O) groups excluding carboxylic acids is 2. The highest BCUT2D eigenvalue weighted by molar-refractivity contribution is 6.33. The van der Waals surface area contributed by atoms with Gasteiger partial charge in [0.2, 0.25) is 11.8 Å². The molecule has 0 aliphatic carbocycles. The summed E-state index contributed by atoms with van der Waals surface area (Å²) in [6.07, 6.45) is 0. The summed E-state index contributed by atoms with van der Waals surface area (Å²) < 4.78 is 0. The fourth-order valence-corrected chi connectivity index (χ4v) is 3.04. The third-order valence-corrected chi connectivity index (χ3v) is 5.02. The minimum absolute atomic E-state index is 0.0730. The second-order valence-electron chi connectivity index (χ2n) is 6.38. The van der Waals surface area contributed by atoms with E-state index in [1.807, 2.05) is 24.0 Å². The van der Waals surface area contributed by atoms with Crippen LogP contribution in [0.3, 0.4) is 0 Å². The molecule has 1 N–H and O–H groups in total. The van der Waals surface area contributed by atoms with Gasteiger partial charge in [0.25, 0.3) is 0 Å². The van der Waals surface area contributed by atoms with Crippen LogP contribution >= 0.6 is 11.6 Å². The molecule has 1 saturated heterocycles. The number of likely N-dealkylation sites (N-methyl/N-ethyl adjacent to an activating group) is 2. The summed E-state index contributed by atoms with van der Waals surface area (Å²) in [5.74, 6) is -0.116. The molecule has 6 nitrogen and oxygen atoms in total. The van der Waals surface area contributed by atoms with Gasteiger partial charge in [-0.2, -0.15) is 0 Å². The topological polar surface area (TPSA) is 55.9 Å². The maximum atomic E-state index is 12.6. The molecule has 7 heteroatoms. The second kappa shape index (κ2) is 9.17. The smallest absolute Gasteiger partial charge is 0.239 e. The van der Waals surface area contributed by atoms with Gasteiger partial charge < -0.3 is 15.1 Å². The van der Waals surface area contributed by atoms with Crippen LogP contribution in [0.25, 0.3) is 0 Å². The number of carbonyl (C=O) groups is 2. The van der Waals surface area contributed by atoms with Gasteiger partial charge in [-0.05, 0) is 32.6 Å². The molecule has 0 radical (unpaired) electrons. The second-order valence-corrected chi connectivity index (χ2v) is 6.79. The van der Waals surface area contributed by atoms with Gasteiger partial charge in [-0.25, -0.2) is 0 Å². The van der Waals surface area contributed by atoms with E-state index in [2.05, 4.69) is 17.1 Å². The summed E-state index contributed by atoms with van der Waals surface area (Å²) in [6.45, 7) is 8.43. The van der Waals surface area contributed by atoms with E-state index < -0.39 is 0 Å². The monoisotopic (exact) mass is 366 g/mol. The van der Waals surface area contributed by atoms with Gasteiger partial charge in [0.05, 0.1) is 23.3 Å². The molecule has 1 atom stereocenters. The van der Waals surface area contributed by atoms with Crippen molar-refractivity contribution in [3.8, 4) is 0 Å². The molecule has 1 fully saturated rings. The van der Waals surface area contributed by atoms with Gasteiger partial charge in [0.1, 0.15) is 0 Å². The van der Waals surface area contributed by atoms with E-state index in [4.69, 9.17) is 11.6 Å². The van der Waals surface area contributed by atoms with Crippen LogP contribution in [-0.4, -0.2) is 78.9 Å². The van der Waals surface area contributed by atoms with Crippen molar-refractivity contribution in [2.75, 3.05) is 51.6 Å². The number of benzene rings is 1. The molecule has 1 aliphatic rings. The van der Waals surface area contributed by atoms with E-state index in [9.17, 15) is 9.59 Å². The zero-order valence-electron chi connectivity index (χ0n) is 15.2. The third kappa shape index (κ3) is 5.42. The van der Waals surface area contributed by atoms with Crippen LogP contribution in [0, 0.1) is 0 Å². The zero-order valence-corrected chi connectivity index (χ0v) is 15.9.